The van der Waals surface area contributed by atoms with E-state index in [4.69, 9.17) is 0 Å². The minimum atomic E-state index is -0.368. The quantitative estimate of drug-likeness (QED) is 0.778. The van der Waals surface area contributed by atoms with E-state index in [0.29, 0.717) is 18.0 Å². The molecule has 3 heteroatoms. The van der Waals surface area contributed by atoms with Gasteiger partial charge in [-0.3, -0.25) is 9.59 Å². The average molecular weight is 259 g/mol. The molecule has 1 aromatic carbocycles. The Balaban J connectivity index is 2.28. The first-order chi connectivity index (χ1) is 8.91. The predicted molar refractivity (Wildman–Crippen MR) is 76.7 cm³/mol. The second kappa shape index (κ2) is 5.16. The van der Waals surface area contributed by atoms with E-state index in [1.54, 1.807) is 4.90 Å². The van der Waals surface area contributed by atoms with Crippen molar-refractivity contribution in [1.29, 1.82) is 0 Å². The lowest BCUT2D eigenvalue weighted by Crippen LogP contribution is -2.30. The van der Waals surface area contributed by atoms with Crippen LogP contribution in [0.15, 0.2) is 12.1 Å². The van der Waals surface area contributed by atoms with Gasteiger partial charge in [0.2, 0.25) is 0 Å². The van der Waals surface area contributed by atoms with E-state index in [2.05, 4.69) is 13.8 Å². The summed E-state index contributed by atoms with van der Waals surface area (Å²) in [6.45, 7) is 8.86. The highest BCUT2D eigenvalue weighted by Crippen LogP contribution is 2.32. The molecule has 1 aromatic rings. The van der Waals surface area contributed by atoms with Crippen LogP contribution in [0.1, 0.15) is 48.2 Å². The molecular formula is C16H21NO2. The Morgan fingerprint density at radius 1 is 1.16 bits per heavy atom. The van der Waals surface area contributed by atoms with Gasteiger partial charge in [0.05, 0.1) is 11.3 Å². The van der Waals surface area contributed by atoms with Crippen LogP contribution >= 0.6 is 0 Å². The molecule has 1 aliphatic heterocycles. The van der Waals surface area contributed by atoms with Crippen LogP contribution in [0.4, 0.5) is 5.69 Å². The SMILES string of the molecule is Cc1cc(C)c2c(c1)N(CCCC(C)C)C(=O)C2=O. The molecule has 2 rings (SSSR count). The van der Waals surface area contributed by atoms with Gasteiger partial charge in [0.1, 0.15) is 0 Å². The molecule has 0 bridgehead atoms. The van der Waals surface area contributed by atoms with Gasteiger partial charge in [-0.05, 0) is 49.8 Å². The lowest BCUT2D eigenvalue weighted by molar-refractivity contribution is -0.114. The van der Waals surface area contributed by atoms with Gasteiger partial charge in [0.15, 0.2) is 0 Å². The van der Waals surface area contributed by atoms with Crippen LogP contribution in [0.25, 0.3) is 0 Å². The number of amides is 1. The Kier molecular flexibility index (Phi) is 3.74. The summed E-state index contributed by atoms with van der Waals surface area (Å²) in [6, 6.07) is 3.90. The van der Waals surface area contributed by atoms with Crippen LogP contribution < -0.4 is 4.90 Å². The number of fused-ring (bicyclic) bond motifs is 1. The molecule has 1 amide bonds. The molecule has 1 heterocycles. The lowest BCUT2D eigenvalue weighted by Gasteiger charge is -2.17. The fourth-order valence-corrected chi connectivity index (χ4v) is 2.67. The standard InChI is InChI=1S/C16H21NO2/c1-10(2)6-5-7-17-13-9-11(3)8-12(4)14(13)15(18)16(17)19/h8-10H,5-7H2,1-4H3. The Labute approximate surface area is 114 Å². The Hall–Kier alpha value is -1.64. The number of Topliss-reactive ketones (excluding diaryl/α,β-unsaturated/α-hetero) is 1. The van der Waals surface area contributed by atoms with Crippen LogP contribution in [-0.4, -0.2) is 18.2 Å². The Morgan fingerprint density at radius 3 is 2.47 bits per heavy atom. The summed E-state index contributed by atoms with van der Waals surface area (Å²) in [7, 11) is 0. The zero-order chi connectivity index (χ0) is 14.2. The molecule has 0 saturated heterocycles. The molecule has 0 saturated carbocycles. The summed E-state index contributed by atoms with van der Waals surface area (Å²) < 4.78 is 0. The van der Waals surface area contributed by atoms with Gasteiger partial charge in [-0.2, -0.15) is 0 Å². The molecule has 0 radical (unpaired) electrons. The molecule has 0 aromatic heterocycles. The second-order valence-corrected chi connectivity index (χ2v) is 5.80. The number of carbonyl (C=O) groups excluding carboxylic acids is 2. The van der Waals surface area contributed by atoms with Crippen LogP contribution in [0, 0.1) is 19.8 Å². The first-order valence-corrected chi connectivity index (χ1v) is 6.89. The third-order valence-corrected chi connectivity index (χ3v) is 3.58. The number of carbonyl (C=O) groups is 2. The molecular weight excluding hydrogens is 238 g/mol. The van der Waals surface area contributed by atoms with Crippen molar-refractivity contribution in [2.24, 2.45) is 5.92 Å². The Morgan fingerprint density at radius 2 is 1.84 bits per heavy atom. The maximum Gasteiger partial charge on any atom is 0.299 e. The third-order valence-electron chi connectivity index (χ3n) is 3.58. The fourth-order valence-electron chi connectivity index (χ4n) is 2.67. The molecule has 0 unspecified atom stereocenters. The van der Waals surface area contributed by atoms with E-state index >= 15 is 0 Å². The van der Waals surface area contributed by atoms with E-state index in [1.807, 2.05) is 26.0 Å². The molecule has 0 aliphatic carbocycles. The topological polar surface area (TPSA) is 37.4 Å². The number of benzene rings is 1. The number of anilines is 1. The van der Waals surface area contributed by atoms with Crippen molar-refractivity contribution in [1.82, 2.24) is 0 Å². The summed E-state index contributed by atoms with van der Waals surface area (Å²) in [5.74, 6) is -0.100. The van der Waals surface area contributed by atoms with Gasteiger partial charge in [-0.15, -0.1) is 0 Å². The smallest absolute Gasteiger partial charge is 0.299 e. The maximum atomic E-state index is 12.1. The largest absolute Gasteiger partial charge is 0.305 e. The molecule has 1 aliphatic rings. The molecule has 3 nitrogen and oxygen atoms in total. The van der Waals surface area contributed by atoms with Crippen molar-refractivity contribution in [3.05, 3.63) is 28.8 Å². The van der Waals surface area contributed by atoms with Gasteiger partial charge in [0, 0.05) is 6.54 Å². The minimum absolute atomic E-state index is 0.350. The monoisotopic (exact) mass is 259 g/mol. The summed E-state index contributed by atoms with van der Waals surface area (Å²) in [6.07, 6.45) is 2.00. The summed E-state index contributed by atoms with van der Waals surface area (Å²) >= 11 is 0. The highest BCUT2D eigenvalue weighted by molar-refractivity contribution is 6.52. The molecule has 0 fully saturated rings. The second-order valence-electron chi connectivity index (χ2n) is 5.80. The highest BCUT2D eigenvalue weighted by atomic mass is 16.2. The van der Waals surface area contributed by atoms with Crippen LogP contribution in [0.3, 0.4) is 0 Å². The predicted octanol–water partition coefficient (Wildman–Crippen LogP) is 3.27. The van der Waals surface area contributed by atoms with E-state index < -0.39 is 0 Å². The van der Waals surface area contributed by atoms with Crippen LogP contribution in [-0.2, 0) is 4.79 Å². The van der Waals surface area contributed by atoms with Crippen LogP contribution in [0.2, 0.25) is 0 Å². The van der Waals surface area contributed by atoms with E-state index in [0.717, 1.165) is 29.7 Å². The zero-order valence-electron chi connectivity index (χ0n) is 12.1. The molecule has 102 valence electrons. The number of hydrogen-bond acceptors (Lipinski definition) is 2. The van der Waals surface area contributed by atoms with E-state index in [9.17, 15) is 9.59 Å². The first kappa shape index (κ1) is 13.8. The average Bonchev–Trinajstić information content (AvgIpc) is 2.53. The number of ketones is 1. The third kappa shape index (κ3) is 2.55. The molecule has 0 spiro atoms. The summed E-state index contributed by atoms with van der Waals surface area (Å²) in [5, 5.41) is 0. The van der Waals surface area contributed by atoms with E-state index in [-0.39, 0.29) is 11.7 Å². The van der Waals surface area contributed by atoms with Crippen molar-refractivity contribution in [3.8, 4) is 0 Å². The highest BCUT2D eigenvalue weighted by Gasteiger charge is 2.36. The fraction of sp³-hybridized carbons (Fsp3) is 0.500. The van der Waals surface area contributed by atoms with Gasteiger partial charge >= 0.3 is 0 Å². The Bertz CT molecular complexity index is 532. The summed E-state index contributed by atoms with van der Waals surface area (Å²) in [4.78, 5) is 25.8. The van der Waals surface area contributed by atoms with Crippen molar-refractivity contribution < 1.29 is 9.59 Å². The zero-order valence-corrected chi connectivity index (χ0v) is 12.1. The van der Waals surface area contributed by atoms with Crippen molar-refractivity contribution in [3.63, 3.8) is 0 Å². The van der Waals surface area contributed by atoms with Gasteiger partial charge in [-0.25, -0.2) is 0 Å². The van der Waals surface area contributed by atoms with Gasteiger partial charge in [0.25, 0.3) is 11.7 Å². The van der Waals surface area contributed by atoms with Crippen molar-refractivity contribution in [2.75, 3.05) is 11.4 Å². The lowest BCUT2D eigenvalue weighted by atomic mass is 10.0. The first-order valence-electron chi connectivity index (χ1n) is 6.89. The molecule has 0 atom stereocenters. The molecule has 19 heavy (non-hydrogen) atoms. The molecule has 0 N–H and O–H groups in total. The number of aryl methyl sites for hydroxylation is 2. The summed E-state index contributed by atoms with van der Waals surface area (Å²) in [5.41, 5.74) is 3.39. The van der Waals surface area contributed by atoms with Gasteiger partial charge in [-0.1, -0.05) is 19.9 Å². The number of rotatable bonds is 4. The number of hydrogen-bond donors (Lipinski definition) is 0. The normalized spacial score (nSPS) is 14.5. The van der Waals surface area contributed by atoms with Crippen molar-refractivity contribution in [2.45, 2.75) is 40.5 Å². The van der Waals surface area contributed by atoms with E-state index in [1.165, 1.54) is 0 Å². The van der Waals surface area contributed by atoms with Crippen molar-refractivity contribution >= 4 is 17.4 Å². The maximum absolute atomic E-state index is 12.1. The van der Waals surface area contributed by atoms with Crippen LogP contribution in [0.5, 0.6) is 0 Å². The van der Waals surface area contributed by atoms with Gasteiger partial charge < -0.3 is 4.90 Å². The minimum Gasteiger partial charge on any atom is -0.305 e. The number of nitrogens with zero attached hydrogens (tertiary/aromatic N) is 1.